The molecular formula is C23H27NO. The van der Waals surface area contributed by atoms with Gasteiger partial charge in [-0.2, -0.15) is 0 Å². The number of aryl methyl sites for hydroxylation is 1. The third-order valence-corrected chi connectivity index (χ3v) is 7.69. The van der Waals surface area contributed by atoms with Gasteiger partial charge in [0, 0.05) is 12.4 Å². The van der Waals surface area contributed by atoms with E-state index in [0.717, 1.165) is 12.3 Å². The summed E-state index contributed by atoms with van der Waals surface area (Å²) in [6, 6.07) is 11.3. The van der Waals surface area contributed by atoms with Gasteiger partial charge in [0.25, 0.3) is 0 Å². The zero-order chi connectivity index (χ0) is 17.0. The number of benzene rings is 1. The molecule has 0 unspecified atom stereocenters. The summed E-state index contributed by atoms with van der Waals surface area (Å²) in [4.78, 5) is 4.14. The summed E-state index contributed by atoms with van der Waals surface area (Å²) >= 11 is 0. The van der Waals surface area contributed by atoms with Crippen molar-refractivity contribution >= 4 is 0 Å². The summed E-state index contributed by atoms with van der Waals surface area (Å²) in [5, 5.41) is 10.5. The minimum Gasteiger partial charge on any atom is -0.393 e. The first-order valence-electron chi connectivity index (χ1n) is 9.88. The molecule has 1 N–H and O–H groups in total. The topological polar surface area (TPSA) is 33.1 Å². The van der Waals surface area contributed by atoms with Gasteiger partial charge in [-0.05, 0) is 96.1 Å². The predicted molar refractivity (Wildman–Crippen MR) is 100 cm³/mol. The van der Waals surface area contributed by atoms with E-state index < -0.39 is 0 Å². The van der Waals surface area contributed by atoms with Crippen molar-refractivity contribution in [3.8, 4) is 11.1 Å². The van der Waals surface area contributed by atoms with Crippen LogP contribution in [0.3, 0.4) is 0 Å². The van der Waals surface area contributed by atoms with Gasteiger partial charge in [0.1, 0.15) is 0 Å². The van der Waals surface area contributed by atoms with Gasteiger partial charge in [0.05, 0.1) is 6.10 Å². The number of hydrogen-bond acceptors (Lipinski definition) is 2. The van der Waals surface area contributed by atoms with E-state index in [1.807, 2.05) is 12.4 Å². The number of aliphatic hydroxyl groups excluding tert-OH is 1. The molecule has 0 spiro atoms. The highest BCUT2D eigenvalue weighted by molar-refractivity contribution is 5.64. The van der Waals surface area contributed by atoms with E-state index in [1.165, 1.54) is 43.2 Å². The van der Waals surface area contributed by atoms with Crippen molar-refractivity contribution in [1.82, 2.24) is 4.98 Å². The highest BCUT2D eigenvalue weighted by Crippen LogP contribution is 2.60. The lowest BCUT2D eigenvalue weighted by atomic mass is 9.55. The predicted octanol–water partition coefficient (Wildman–Crippen LogP) is 4.97. The molecule has 0 amide bonds. The Morgan fingerprint density at radius 1 is 1.00 bits per heavy atom. The fourth-order valence-electron chi connectivity index (χ4n) is 6.28. The number of hydrogen-bond donors (Lipinski definition) is 1. The van der Waals surface area contributed by atoms with E-state index >= 15 is 0 Å². The molecule has 130 valence electrons. The summed E-state index contributed by atoms with van der Waals surface area (Å²) in [7, 11) is 0. The monoisotopic (exact) mass is 333 g/mol. The molecule has 2 heteroatoms. The maximum absolute atomic E-state index is 10.5. The second kappa shape index (κ2) is 5.67. The van der Waals surface area contributed by atoms with Crippen molar-refractivity contribution in [2.45, 2.75) is 57.5 Å². The number of aromatic nitrogens is 1. The average molecular weight is 333 g/mol. The molecule has 2 nitrogen and oxygen atoms in total. The Morgan fingerprint density at radius 2 is 1.84 bits per heavy atom. The van der Waals surface area contributed by atoms with Gasteiger partial charge >= 0.3 is 0 Å². The van der Waals surface area contributed by atoms with Crippen LogP contribution < -0.4 is 0 Å². The second-order valence-electron chi connectivity index (χ2n) is 8.70. The Morgan fingerprint density at radius 3 is 2.68 bits per heavy atom. The number of aliphatic hydroxyl groups is 1. The van der Waals surface area contributed by atoms with Crippen LogP contribution in [0, 0.1) is 17.3 Å². The van der Waals surface area contributed by atoms with Crippen LogP contribution in [-0.2, 0) is 6.42 Å². The van der Waals surface area contributed by atoms with Crippen molar-refractivity contribution in [2.75, 3.05) is 0 Å². The normalized spacial score (nSPS) is 36.4. The summed E-state index contributed by atoms with van der Waals surface area (Å²) in [5.41, 5.74) is 5.90. The van der Waals surface area contributed by atoms with Crippen LogP contribution in [0.5, 0.6) is 0 Å². The second-order valence-corrected chi connectivity index (χ2v) is 8.70. The lowest BCUT2D eigenvalue weighted by molar-refractivity contribution is -0.0226. The molecule has 1 aromatic heterocycles. The molecule has 2 aromatic rings. The zero-order valence-electron chi connectivity index (χ0n) is 15.0. The molecule has 5 rings (SSSR count). The lowest BCUT2D eigenvalue weighted by Gasteiger charge is -2.50. The molecular weight excluding hydrogens is 306 g/mol. The van der Waals surface area contributed by atoms with Crippen LogP contribution >= 0.6 is 0 Å². The maximum atomic E-state index is 10.5. The van der Waals surface area contributed by atoms with Crippen LogP contribution in [0.1, 0.15) is 56.1 Å². The van der Waals surface area contributed by atoms with E-state index in [9.17, 15) is 5.11 Å². The first-order valence-corrected chi connectivity index (χ1v) is 9.88. The van der Waals surface area contributed by atoms with E-state index in [1.54, 1.807) is 11.1 Å². The van der Waals surface area contributed by atoms with Gasteiger partial charge in [-0.1, -0.05) is 25.1 Å². The van der Waals surface area contributed by atoms with Crippen molar-refractivity contribution in [3.63, 3.8) is 0 Å². The zero-order valence-corrected chi connectivity index (χ0v) is 15.0. The molecule has 0 radical (unpaired) electrons. The SMILES string of the molecule is C[C@]12CC[C@@H]3c4ccc(-c5ccncc5)cc4CC[C@H]3[C@@H]1CC[C@@H]2O. The van der Waals surface area contributed by atoms with Crippen LogP contribution in [0.15, 0.2) is 42.7 Å². The highest BCUT2D eigenvalue weighted by Gasteiger charge is 2.54. The van der Waals surface area contributed by atoms with E-state index in [0.29, 0.717) is 11.8 Å². The molecule has 0 aliphatic heterocycles. The van der Waals surface area contributed by atoms with Gasteiger partial charge < -0.3 is 5.11 Å². The summed E-state index contributed by atoms with van der Waals surface area (Å²) in [6.07, 6.45) is 10.8. The molecule has 0 bridgehead atoms. The van der Waals surface area contributed by atoms with Crippen LogP contribution in [0.25, 0.3) is 11.1 Å². The van der Waals surface area contributed by atoms with E-state index in [2.05, 4.69) is 42.2 Å². The number of pyridine rings is 1. The van der Waals surface area contributed by atoms with Crippen molar-refractivity contribution < 1.29 is 5.11 Å². The number of fused-ring (bicyclic) bond motifs is 5. The molecule has 1 aromatic carbocycles. The minimum atomic E-state index is -0.0751. The van der Waals surface area contributed by atoms with Crippen LogP contribution in [-0.4, -0.2) is 16.2 Å². The van der Waals surface area contributed by atoms with Gasteiger partial charge in [0.2, 0.25) is 0 Å². The fraction of sp³-hybridized carbons (Fsp3) is 0.522. The largest absolute Gasteiger partial charge is 0.393 e. The first-order chi connectivity index (χ1) is 12.2. The smallest absolute Gasteiger partial charge is 0.0596 e. The summed E-state index contributed by atoms with van der Waals surface area (Å²) < 4.78 is 0. The van der Waals surface area contributed by atoms with Crippen molar-refractivity contribution in [1.29, 1.82) is 0 Å². The average Bonchev–Trinajstić information content (AvgIpc) is 2.97. The third-order valence-electron chi connectivity index (χ3n) is 7.69. The van der Waals surface area contributed by atoms with Crippen LogP contribution in [0.2, 0.25) is 0 Å². The molecule has 3 aliphatic rings. The molecule has 2 saturated carbocycles. The quantitative estimate of drug-likeness (QED) is 0.799. The number of rotatable bonds is 1. The fourth-order valence-corrected chi connectivity index (χ4v) is 6.28. The number of nitrogens with zero attached hydrogens (tertiary/aromatic N) is 1. The van der Waals surface area contributed by atoms with Gasteiger partial charge in [-0.15, -0.1) is 0 Å². The lowest BCUT2D eigenvalue weighted by Crippen LogP contribution is -2.43. The Bertz CT molecular complexity index is 786. The highest BCUT2D eigenvalue weighted by atomic mass is 16.3. The van der Waals surface area contributed by atoms with Crippen molar-refractivity contribution in [3.05, 3.63) is 53.9 Å². The third kappa shape index (κ3) is 2.30. The molecule has 3 aliphatic carbocycles. The Hall–Kier alpha value is -1.67. The molecule has 2 fully saturated rings. The summed E-state index contributed by atoms with van der Waals surface area (Å²) in [5.74, 6) is 2.20. The standard InChI is InChI=1S/C23H27NO/c1-23-11-8-19-18-4-2-16(15-9-12-24-13-10-15)14-17(18)3-5-20(19)21(23)6-7-22(23)25/h2,4,9-10,12-14,19-22,25H,3,5-8,11H2,1H3/t19-,20-,21+,22+,23+/m1/s1. The van der Waals surface area contributed by atoms with E-state index in [-0.39, 0.29) is 11.5 Å². The molecule has 5 atom stereocenters. The Kier molecular flexibility index (Phi) is 3.53. The first kappa shape index (κ1) is 15.6. The maximum Gasteiger partial charge on any atom is 0.0596 e. The minimum absolute atomic E-state index is 0.0751. The Balaban J connectivity index is 1.49. The molecule has 1 heterocycles. The van der Waals surface area contributed by atoms with Gasteiger partial charge in [0.15, 0.2) is 0 Å². The van der Waals surface area contributed by atoms with Gasteiger partial charge in [-0.25, -0.2) is 0 Å². The van der Waals surface area contributed by atoms with E-state index in [4.69, 9.17) is 0 Å². The molecule has 0 saturated heterocycles. The summed E-state index contributed by atoms with van der Waals surface area (Å²) in [6.45, 7) is 2.35. The molecule has 25 heavy (non-hydrogen) atoms. The Labute approximate surface area is 150 Å². The van der Waals surface area contributed by atoms with Gasteiger partial charge in [-0.3, -0.25) is 4.98 Å². The van der Waals surface area contributed by atoms with Crippen molar-refractivity contribution in [2.24, 2.45) is 17.3 Å². The van der Waals surface area contributed by atoms with Crippen LogP contribution in [0.4, 0.5) is 0 Å².